The number of amides is 2. The maximum atomic E-state index is 14.2. The van der Waals surface area contributed by atoms with Gasteiger partial charge >= 0.3 is 0 Å². The zero-order valence-electron chi connectivity index (χ0n) is 22.9. The van der Waals surface area contributed by atoms with Crippen molar-refractivity contribution in [2.24, 2.45) is 0 Å². The molecule has 7 nitrogen and oxygen atoms in total. The van der Waals surface area contributed by atoms with Crippen molar-refractivity contribution in [1.82, 2.24) is 10.2 Å². The molecule has 43 heavy (non-hydrogen) atoms. The average Bonchev–Trinajstić information content (AvgIpc) is 3.01. The van der Waals surface area contributed by atoms with E-state index in [0.717, 1.165) is 22.0 Å². The molecule has 1 N–H and O–H groups in total. The first-order valence-electron chi connectivity index (χ1n) is 13.0. The summed E-state index contributed by atoms with van der Waals surface area (Å²) in [6.07, 6.45) is 0.140. The Morgan fingerprint density at radius 2 is 1.47 bits per heavy atom. The molecular weight excluding hydrogens is 636 g/mol. The number of carbonyl (C=O) groups is 2. The standard InChI is InChI=1S/C31H27Cl3FN3O4S/c1-36-31(40)29(17-21-8-4-2-5-9-21)37(19-22-12-14-25(32)26(33)16-22)30(39)20-38(23-13-15-28(35)27(34)18-23)43(41,42)24-10-6-3-7-11-24/h2-16,18,29H,17,19-20H2,1H3,(H,36,40). The Hall–Kier alpha value is -3.63. The van der Waals surface area contributed by atoms with E-state index in [4.69, 9.17) is 34.8 Å². The molecule has 4 aromatic carbocycles. The minimum Gasteiger partial charge on any atom is -0.357 e. The lowest BCUT2D eigenvalue weighted by atomic mass is 10.0. The van der Waals surface area contributed by atoms with Gasteiger partial charge in [-0.3, -0.25) is 13.9 Å². The van der Waals surface area contributed by atoms with Crippen molar-refractivity contribution in [3.8, 4) is 0 Å². The van der Waals surface area contributed by atoms with Crippen LogP contribution in [0.3, 0.4) is 0 Å². The highest BCUT2D eigenvalue weighted by Gasteiger charge is 2.34. The summed E-state index contributed by atoms with van der Waals surface area (Å²) in [7, 11) is -2.89. The largest absolute Gasteiger partial charge is 0.357 e. The Bertz CT molecular complexity index is 1710. The van der Waals surface area contributed by atoms with E-state index in [1.807, 2.05) is 30.3 Å². The molecule has 0 aliphatic carbocycles. The summed E-state index contributed by atoms with van der Waals surface area (Å²) in [4.78, 5) is 28.7. The SMILES string of the molecule is CNC(=O)C(Cc1ccccc1)N(Cc1ccc(Cl)c(Cl)c1)C(=O)CN(c1ccc(F)c(Cl)c1)S(=O)(=O)c1ccccc1. The van der Waals surface area contributed by atoms with Crippen LogP contribution < -0.4 is 9.62 Å². The smallest absolute Gasteiger partial charge is 0.264 e. The topological polar surface area (TPSA) is 86.8 Å². The molecule has 0 aromatic heterocycles. The number of hydrogen-bond donors (Lipinski definition) is 1. The second kappa shape index (κ2) is 14.2. The van der Waals surface area contributed by atoms with E-state index in [-0.39, 0.29) is 33.6 Å². The van der Waals surface area contributed by atoms with Gasteiger partial charge in [-0.2, -0.15) is 0 Å². The normalized spacial score (nSPS) is 11.9. The first-order valence-corrected chi connectivity index (χ1v) is 15.6. The fourth-order valence-corrected chi connectivity index (χ4v) is 6.37. The number of nitrogens with one attached hydrogen (secondary N) is 1. The molecule has 0 bridgehead atoms. The van der Waals surface area contributed by atoms with Crippen molar-refractivity contribution >= 4 is 62.3 Å². The molecule has 0 saturated heterocycles. The third kappa shape index (κ3) is 7.86. The number of carbonyl (C=O) groups excluding carboxylic acids is 2. The first kappa shape index (κ1) is 32.3. The van der Waals surface area contributed by atoms with Crippen LogP contribution in [0, 0.1) is 5.82 Å². The van der Waals surface area contributed by atoms with Crippen molar-refractivity contribution in [3.63, 3.8) is 0 Å². The Kier molecular flexibility index (Phi) is 10.7. The van der Waals surface area contributed by atoms with Crippen molar-refractivity contribution in [2.75, 3.05) is 17.9 Å². The highest BCUT2D eigenvalue weighted by atomic mass is 35.5. The summed E-state index contributed by atoms with van der Waals surface area (Å²) >= 11 is 18.4. The monoisotopic (exact) mass is 661 g/mol. The number of sulfonamides is 1. The van der Waals surface area contributed by atoms with Gasteiger partial charge in [0.2, 0.25) is 11.8 Å². The van der Waals surface area contributed by atoms with E-state index in [1.165, 1.54) is 30.1 Å². The maximum absolute atomic E-state index is 14.2. The number of rotatable bonds is 11. The molecule has 4 aromatic rings. The van der Waals surface area contributed by atoms with Gasteiger partial charge in [0.1, 0.15) is 18.4 Å². The van der Waals surface area contributed by atoms with Crippen molar-refractivity contribution in [2.45, 2.75) is 23.9 Å². The summed E-state index contributed by atoms with van der Waals surface area (Å²) < 4.78 is 42.7. The Morgan fingerprint density at radius 3 is 2.07 bits per heavy atom. The third-order valence-corrected chi connectivity index (χ3v) is 9.47. The van der Waals surface area contributed by atoms with Gasteiger partial charge in [-0.05, 0) is 53.6 Å². The minimum atomic E-state index is -4.34. The molecular formula is C31H27Cl3FN3O4S. The lowest BCUT2D eigenvalue weighted by Gasteiger charge is -2.33. The number of benzene rings is 4. The molecule has 2 amide bonds. The van der Waals surface area contributed by atoms with Gasteiger partial charge < -0.3 is 10.2 Å². The third-order valence-electron chi connectivity index (χ3n) is 6.66. The average molecular weight is 663 g/mol. The first-order chi connectivity index (χ1) is 20.5. The van der Waals surface area contributed by atoms with Crippen molar-refractivity contribution < 1.29 is 22.4 Å². The highest BCUT2D eigenvalue weighted by Crippen LogP contribution is 2.29. The summed E-state index contributed by atoms with van der Waals surface area (Å²) in [5, 5.41) is 2.85. The zero-order chi connectivity index (χ0) is 31.1. The maximum Gasteiger partial charge on any atom is 0.264 e. The number of anilines is 1. The number of nitrogens with zero attached hydrogens (tertiary/aromatic N) is 2. The molecule has 4 rings (SSSR count). The van der Waals surface area contributed by atoms with Crippen LogP contribution in [0.1, 0.15) is 11.1 Å². The van der Waals surface area contributed by atoms with Gasteiger partial charge in [-0.15, -0.1) is 0 Å². The van der Waals surface area contributed by atoms with Gasteiger partial charge in [0.05, 0.1) is 25.7 Å². The lowest BCUT2D eigenvalue weighted by Crippen LogP contribution is -2.53. The van der Waals surface area contributed by atoms with Gasteiger partial charge in [-0.25, -0.2) is 12.8 Å². The lowest BCUT2D eigenvalue weighted by molar-refractivity contribution is -0.139. The fourth-order valence-electron chi connectivity index (χ4n) is 4.44. The summed E-state index contributed by atoms with van der Waals surface area (Å²) in [5.41, 5.74) is 1.31. The fraction of sp³-hybridized carbons (Fsp3) is 0.161. The molecule has 224 valence electrons. The van der Waals surface area contributed by atoms with Gasteiger partial charge in [-0.1, -0.05) is 89.4 Å². The van der Waals surface area contributed by atoms with E-state index < -0.39 is 40.2 Å². The van der Waals surface area contributed by atoms with Crippen LogP contribution >= 0.6 is 34.8 Å². The molecule has 0 radical (unpaired) electrons. The quantitative estimate of drug-likeness (QED) is 0.202. The molecule has 12 heteroatoms. The summed E-state index contributed by atoms with van der Waals surface area (Å²) in [6, 6.07) is 23.8. The Balaban J connectivity index is 1.81. The molecule has 0 fully saturated rings. The van der Waals surface area contributed by atoms with Crippen LogP contribution in [0.5, 0.6) is 0 Å². The summed E-state index contributed by atoms with van der Waals surface area (Å²) in [6.45, 7) is -0.813. The highest BCUT2D eigenvalue weighted by molar-refractivity contribution is 7.92. The molecule has 0 aliphatic rings. The van der Waals surface area contributed by atoms with Crippen molar-refractivity contribution in [3.05, 3.63) is 129 Å². The molecule has 1 unspecified atom stereocenters. The van der Waals surface area contributed by atoms with E-state index >= 15 is 0 Å². The van der Waals surface area contributed by atoms with E-state index in [0.29, 0.717) is 10.6 Å². The van der Waals surface area contributed by atoms with E-state index in [2.05, 4.69) is 5.32 Å². The number of halogens is 4. The molecule has 1 atom stereocenters. The Morgan fingerprint density at radius 1 is 0.814 bits per heavy atom. The molecule has 0 heterocycles. The predicted molar refractivity (Wildman–Crippen MR) is 167 cm³/mol. The van der Waals surface area contributed by atoms with Crippen LogP contribution in [0.2, 0.25) is 15.1 Å². The van der Waals surface area contributed by atoms with Crippen LogP contribution in [0.4, 0.5) is 10.1 Å². The second-order valence-electron chi connectivity index (χ2n) is 9.51. The zero-order valence-corrected chi connectivity index (χ0v) is 26.0. The van der Waals surface area contributed by atoms with Gasteiger partial charge in [0.25, 0.3) is 10.0 Å². The van der Waals surface area contributed by atoms with Crippen LogP contribution in [-0.2, 0) is 32.6 Å². The van der Waals surface area contributed by atoms with E-state index in [9.17, 15) is 22.4 Å². The molecule has 0 aliphatic heterocycles. The van der Waals surface area contributed by atoms with Gasteiger partial charge in [0.15, 0.2) is 0 Å². The predicted octanol–water partition coefficient (Wildman–Crippen LogP) is 6.37. The minimum absolute atomic E-state index is 0.0300. The van der Waals surface area contributed by atoms with Crippen molar-refractivity contribution in [1.29, 1.82) is 0 Å². The van der Waals surface area contributed by atoms with Gasteiger partial charge in [0, 0.05) is 20.0 Å². The number of likely N-dealkylation sites (N-methyl/N-ethyl adjacent to an activating group) is 1. The molecule has 0 saturated carbocycles. The van der Waals surface area contributed by atoms with E-state index in [1.54, 1.807) is 36.4 Å². The van der Waals surface area contributed by atoms with Crippen LogP contribution in [0.15, 0.2) is 102 Å². The van der Waals surface area contributed by atoms with Crippen LogP contribution in [-0.4, -0.2) is 44.8 Å². The summed E-state index contributed by atoms with van der Waals surface area (Å²) in [5.74, 6) is -1.91. The molecule has 0 spiro atoms. The second-order valence-corrected chi connectivity index (χ2v) is 12.6. The Labute approximate surface area is 264 Å². The number of hydrogen-bond acceptors (Lipinski definition) is 4. The van der Waals surface area contributed by atoms with Crippen LogP contribution in [0.25, 0.3) is 0 Å².